The minimum absolute atomic E-state index is 0.183. The maximum absolute atomic E-state index is 12.0. The summed E-state index contributed by atoms with van der Waals surface area (Å²) in [6, 6.07) is 9.00. The lowest BCUT2D eigenvalue weighted by Gasteiger charge is -2.17. The molecule has 0 saturated carbocycles. The molecule has 4 rings (SSSR count). The zero-order valence-electron chi connectivity index (χ0n) is 15.6. The van der Waals surface area contributed by atoms with E-state index in [-0.39, 0.29) is 12.0 Å². The number of nitrogens with two attached hydrogens (primary N) is 1. The highest BCUT2D eigenvalue weighted by atomic mass is 35.5. The van der Waals surface area contributed by atoms with Crippen molar-refractivity contribution in [2.75, 3.05) is 0 Å². The minimum Gasteiger partial charge on any atom is -0.478 e. The number of carbonyl (C=O) groups excluding carboxylic acids is 1. The fourth-order valence-corrected chi connectivity index (χ4v) is 4.13. The van der Waals surface area contributed by atoms with Crippen LogP contribution in [0.15, 0.2) is 36.5 Å². The number of aryl methyl sites for hydroxylation is 1. The number of carboxylic acid groups (broad SMARTS) is 1. The number of aromatic amines is 1. The first kappa shape index (κ1) is 19.4. The molecule has 3 aromatic rings. The van der Waals surface area contributed by atoms with E-state index in [1.54, 1.807) is 6.07 Å². The molecule has 1 atom stereocenters. The van der Waals surface area contributed by atoms with Crippen molar-refractivity contribution in [3.63, 3.8) is 0 Å². The Hall–Kier alpha value is -2.96. The number of hydrogen-bond acceptors (Lipinski definition) is 4. The number of H-pyrrole nitrogens is 1. The van der Waals surface area contributed by atoms with Gasteiger partial charge >= 0.3 is 5.97 Å². The highest BCUT2D eigenvalue weighted by Crippen LogP contribution is 2.38. The van der Waals surface area contributed by atoms with Crippen LogP contribution >= 0.6 is 11.6 Å². The molecular formula is C22H20ClN3O3. The zero-order valence-corrected chi connectivity index (χ0v) is 16.4. The second kappa shape index (κ2) is 7.81. The van der Waals surface area contributed by atoms with E-state index in [2.05, 4.69) is 9.97 Å². The van der Waals surface area contributed by atoms with Crippen LogP contribution in [0, 0.1) is 0 Å². The lowest BCUT2D eigenvalue weighted by atomic mass is 9.88. The monoisotopic (exact) mass is 409 g/mol. The molecule has 148 valence electrons. The first-order chi connectivity index (χ1) is 14.0. The Morgan fingerprint density at radius 2 is 2.17 bits per heavy atom. The predicted molar refractivity (Wildman–Crippen MR) is 111 cm³/mol. The molecule has 0 amide bonds. The second-order valence-electron chi connectivity index (χ2n) is 7.24. The van der Waals surface area contributed by atoms with Gasteiger partial charge in [-0.3, -0.25) is 4.98 Å². The quantitative estimate of drug-likeness (QED) is 0.538. The average molecular weight is 410 g/mol. The highest BCUT2D eigenvalue weighted by Gasteiger charge is 2.28. The van der Waals surface area contributed by atoms with Crippen LogP contribution in [0.5, 0.6) is 0 Å². The average Bonchev–Trinajstić information content (AvgIpc) is 3.06. The Labute approximate surface area is 172 Å². The third-order valence-electron chi connectivity index (χ3n) is 5.28. The second-order valence-corrected chi connectivity index (χ2v) is 7.68. The van der Waals surface area contributed by atoms with Gasteiger partial charge in [-0.25, -0.2) is 4.79 Å². The third kappa shape index (κ3) is 3.69. The van der Waals surface area contributed by atoms with Crippen LogP contribution in [0.3, 0.4) is 0 Å². The number of benzene rings is 1. The Kier molecular flexibility index (Phi) is 5.22. The predicted octanol–water partition coefficient (Wildman–Crippen LogP) is 3.65. The Morgan fingerprint density at radius 3 is 2.90 bits per heavy atom. The molecule has 0 spiro atoms. The molecule has 0 bridgehead atoms. The molecule has 2 aromatic heterocycles. The van der Waals surface area contributed by atoms with Crippen LogP contribution in [0.4, 0.5) is 0 Å². The number of rotatable bonds is 6. The van der Waals surface area contributed by atoms with E-state index in [1.165, 1.54) is 0 Å². The van der Waals surface area contributed by atoms with Gasteiger partial charge in [-0.05, 0) is 42.2 Å². The van der Waals surface area contributed by atoms with Gasteiger partial charge in [-0.1, -0.05) is 23.7 Å². The number of carbonyl (C=O) groups is 2. The molecule has 1 aliphatic carbocycles. The summed E-state index contributed by atoms with van der Waals surface area (Å²) in [5.41, 5.74) is 12.1. The van der Waals surface area contributed by atoms with E-state index in [9.17, 15) is 14.7 Å². The molecule has 1 unspecified atom stereocenters. The molecule has 7 heteroatoms. The highest BCUT2D eigenvalue weighted by molar-refractivity contribution is 6.30. The fraction of sp³-hybridized carbons (Fsp3) is 0.227. The van der Waals surface area contributed by atoms with E-state index < -0.39 is 12.0 Å². The van der Waals surface area contributed by atoms with E-state index in [4.69, 9.17) is 17.3 Å². The van der Waals surface area contributed by atoms with Crippen LogP contribution in [-0.4, -0.2) is 33.4 Å². The number of hydrogen-bond donors (Lipinski definition) is 3. The number of fused-ring (bicyclic) bond motifs is 3. The summed E-state index contributed by atoms with van der Waals surface area (Å²) < 4.78 is 0. The van der Waals surface area contributed by atoms with Gasteiger partial charge in [0.05, 0.1) is 17.0 Å². The van der Waals surface area contributed by atoms with Gasteiger partial charge < -0.3 is 20.6 Å². The first-order valence-electron chi connectivity index (χ1n) is 9.39. The van der Waals surface area contributed by atoms with Gasteiger partial charge in [0.2, 0.25) is 0 Å². The van der Waals surface area contributed by atoms with Crippen molar-refractivity contribution in [1.29, 1.82) is 0 Å². The molecule has 4 N–H and O–H groups in total. The first-order valence-corrected chi connectivity index (χ1v) is 9.77. The van der Waals surface area contributed by atoms with E-state index in [0.717, 1.165) is 39.9 Å². The van der Waals surface area contributed by atoms with Gasteiger partial charge in [0.1, 0.15) is 6.29 Å². The van der Waals surface area contributed by atoms with Gasteiger partial charge in [0.25, 0.3) is 0 Å². The van der Waals surface area contributed by atoms with Crippen LogP contribution < -0.4 is 5.73 Å². The Balaban J connectivity index is 1.82. The number of halogens is 1. The van der Waals surface area contributed by atoms with Crippen LogP contribution in [0.25, 0.3) is 22.5 Å². The number of carboxylic acids is 1. The Morgan fingerprint density at radius 1 is 1.34 bits per heavy atom. The van der Waals surface area contributed by atoms with Crippen molar-refractivity contribution in [2.45, 2.75) is 31.7 Å². The number of pyridine rings is 1. The standard InChI is InChI=1S/C22H20ClN3O3/c23-14-3-1-2-12(8-14)18-10-17-13(11-25-18)4-5-16-20(22(28)29)19(26-21(16)17)9-15(24)6-7-27/h1-3,7-8,10-11,15,26H,4-6,9,24H2,(H,28,29). The smallest absolute Gasteiger partial charge is 0.337 e. The summed E-state index contributed by atoms with van der Waals surface area (Å²) in [7, 11) is 0. The van der Waals surface area contributed by atoms with E-state index >= 15 is 0 Å². The summed E-state index contributed by atoms with van der Waals surface area (Å²) in [6.45, 7) is 0. The molecule has 29 heavy (non-hydrogen) atoms. The summed E-state index contributed by atoms with van der Waals surface area (Å²) in [5.74, 6) is -0.983. The summed E-state index contributed by atoms with van der Waals surface area (Å²) in [5, 5.41) is 10.4. The maximum atomic E-state index is 12.0. The van der Waals surface area contributed by atoms with E-state index in [0.29, 0.717) is 30.0 Å². The summed E-state index contributed by atoms with van der Waals surface area (Å²) >= 11 is 6.12. The number of aldehydes is 1. The molecule has 0 fully saturated rings. The maximum Gasteiger partial charge on any atom is 0.337 e. The topological polar surface area (TPSA) is 109 Å². The number of aromatic nitrogens is 2. The van der Waals surface area contributed by atoms with Crippen LogP contribution in [-0.2, 0) is 24.1 Å². The molecule has 0 radical (unpaired) electrons. The molecule has 0 saturated heterocycles. The van der Waals surface area contributed by atoms with Crippen molar-refractivity contribution in [1.82, 2.24) is 9.97 Å². The number of nitrogens with zero attached hydrogens (tertiary/aromatic N) is 1. The van der Waals surface area contributed by atoms with Crippen LogP contribution in [0.1, 0.15) is 33.6 Å². The van der Waals surface area contributed by atoms with Gasteiger partial charge in [-0.2, -0.15) is 0 Å². The lowest BCUT2D eigenvalue weighted by Crippen LogP contribution is -2.24. The van der Waals surface area contributed by atoms with Crippen molar-refractivity contribution in [3.05, 3.63) is 63.9 Å². The Bertz CT molecular complexity index is 1110. The molecule has 1 aliphatic rings. The summed E-state index contributed by atoms with van der Waals surface area (Å²) in [6.07, 6.45) is 4.40. The lowest BCUT2D eigenvalue weighted by molar-refractivity contribution is -0.108. The zero-order chi connectivity index (χ0) is 20.5. The van der Waals surface area contributed by atoms with Crippen molar-refractivity contribution >= 4 is 23.9 Å². The van der Waals surface area contributed by atoms with Gasteiger partial charge in [0.15, 0.2) is 0 Å². The molecule has 6 nitrogen and oxygen atoms in total. The van der Waals surface area contributed by atoms with Gasteiger partial charge in [-0.15, -0.1) is 0 Å². The number of nitrogens with one attached hydrogen (secondary N) is 1. The van der Waals surface area contributed by atoms with Crippen molar-refractivity contribution < 1.29 is 14.7 Å². The van der Waals surface area contributed by atoms with Gasteiger partial charge in [0, 0.05) is 46.9 Å². The van der Waals surface area contributed by atoms with E-state index in [1.807, 2.05) is 30.5 Å². The minimum atomic E-state index is -0.983. The largest absolute Gasteiger partial charge is 0.478 e. The molecule has 0 aliphatic heterocycles. The summed E-state index contributed by atoms with van der Waals surface area (Å²) in [4.78, 5) is 30.6. The number of aromatic carboxylic acids is 1. The fourth-order valence-electron chi connectivity index (χ4n) is 3.94. The third-order valence-corrected chi connectivity index (χ3v) is 5.52. The normalized spacial score (nSPS) is 13.4. The molecule has 2 heterocycles. The SMILES string of the molecule is NC(CC=O)Cc1[nH]c2c(c1C(=O)O)CCc1cnc(-c3cccc(Cl)c3)cc1-2. The molecule has 1 aromatic carbocycles. The van der Waals surface area contributed by atoms with Crippen molar-refractivity contribution in [3.8, 4) is 22.5 Å². The molecular weight excluding hydrogens is 390 g/mol. The van der Waals surface area contributed by atoms with Crippen LogP contribution in [0.2, 0.25) is 5.02 Å². The van der Waals surface area contributed by atoms with Crippen molar-refractivity contribution in [2.24, 2.45) is 5.73 Å².